The maximum Gasteiger partial charge on any atom is 0.293 e. The minimum absolute atomic E-state index is 0.00768. The lowest BCUT2D eigenvalue weighted by Crippen LogP contribution is -2.36. The number of benzene rings is 3. The lowest BCUT2D eigenvalue weighted by Gasteiger charge is -2.19. The average Bonchev–Trinajstić information content (AvgIpc) is 2.91. The van der Waals surface area contributed by atoms with E-state index < -0.39 is 11.5 Å². The van der Waals surface area contributed by atoms with Gasteiger partial charge in [-0.1, -0.05) is 51.1 Å². The molecule has 0 bridgehead atoms. The second-order valence-electron chi connectivity index (χ2n) is 11.9. The van der Waals surface area contributed by atoms with Crippen molar-refractivity contribution in [3.63, 3.8) is 0 Å². The number of nitrogens with one attached hydrogen (secondary N) is 3. The Morgan fingerprint density at radius 1 is 0.881 bits per heavy atom. The first-order valence-corrected chi connectivity index (χ1v) is 13.6. The molecule has 9 heteroatoms. The molecule has 0 saturated carbocycles. The molecule has 42 heavy (non-hydrogen) atoms. The molecule has 0 aliphatic rings. The summed E-state index contributed by atoms with van der Waals surface area (Å²) in [6.45, 7) is 11.1. The fraction of sp³-hybridized carbons (Fsp3) is 0.273. The van der Waals surface area contributed by atoms with Gasteiger partial charge < -0.3 is 25.6 Å². The highest BCUT2D eigenvalue weighted by Gasteiger charge is 2.24. The summed E-state index contributed by atoms with van der Waals surface area (Å²) >= 11 is 0. The minimum atomic E-state index is -1.54. The molecular weight excluding hydrogens is 530 g/mol. The van der Waals surface area contributed by atoms with Crippen LogP contribution in [0.15, 0.2) is 77.7 Å². The number of nitrogens with zero attached hydrogens (tertiary/aromatic N) is 2. The van der Waals surface area contributed by atoms with Gasteiger partial charge in [-0.05, 0) is 73.7 Å². The molecule has 0 aliphatic carbocycles. The van der Waals surface area contributed by atoms with Crippen molar-refractivity contribution in [2.75, 3.05) is 16.0 Å². The first kappa shape index (κ1) is 30.2. The number of carbonyl (C=O) groups excluding carboxylic acids is 2. The Labute approximate surface area is 245 Å². The van der Waals surface area contributed by atoms with E-state index in [0.29, 0.717) is 28.3 Å². The van der Waals surface area contributed by atoms with Gasteiger partial charge >= 0.3 is 0 Å². The lowest BCUT2D eigenvalue weighted by atomic mass is 9.86. The summed E-state index contributed by atoms with van der Waals surface area (Å²) in [6.07, 6.45) is 1.65. The van der Waals surface area contributed by atoms with Crippen molar-refractivity contribution in [1.29, 1.82) is 0 Å². The van der Waals surface area contributed by atoms with Crippen LogP contribution >= 0.6 is 0 Å². The van der Waals surface area contributed by atoms with E-state index in [1.54, 1.807) is 37.5 Å². The molecule has 1 heterocycles. The Hall–Kier alpha value is -4.76. The zero-order valence-corrected chi connectivity index (χ0v) is 25.0. The molecule has 1 aromatic heterocycles. The van der Waals surface area contributed by atoms with E-state index in [1.807, 2.05) is 49.4 Å². The highest BCUT2D eigenvalue weighted by Crippen LogP contribution is 2.29. The van der Waals surface area contributed by atoms with Gasteiger partial charge in [0.1, 0.15) is 5.60 Å². The quantitative estimate of drug-likeness (QED) is 0.225. The number of hydrogen-bond donors (Lipinski definition) is 4. The molecule has 0 fully saturated rings. The molecule has 218 valence electrons. The van der Waals surface area contributed by atoms with Gasteiger partial charge in [0, 0.05) is 41.4 Å². The highest BCUT2D eigenvalue weighted by molar-refractivity contribution is 6.05. The summed E-state index contributed by atoms with van der Waals surface area (Å²) in [4.78, 5) is 42.8. The molecule has 0 atom stereocenters. The Morgan fingerprint density at radius 3 is 2.17 bits per heavy atom. The van der Waals surface area contributed by atoms with Crippen molar-refractivity contribution in [2.24, 2.45) is 7.05 Å². The van der Waals surface area contributed by atoms with E-state index in [1.165, 1.54) is 18.4 Å². The molecule has 9 nitrogen and oxygen atoms in total. The van der Waals surface area contributed by atoms with Crippen LogP contribution in [0.25, 0.3) is 11.3 Å². The number of aromatic nitrogens is 2. The normalized spacial score (nSPS) is 11.6. The average molecular weight is 568 g/mol. The SMILES string of the molecule is Cc1c(NC(=O)c2ccc(C(C)(C)C)cc2)cccc1-c1cn(C)c(=O)c(Nc2cccc(NC(=O)C(C)(C)O)c2)n1. The number of rotatable bonds is 7. The monoisotopic (exact) mass is 567 g/mol. The van der Waals surface area contributed by atoms with Gasteiger partial charge in [0.05, 0.1) is 5.69 Å². The molecular formula is C33H37N5O4. The zero-order valence-electron chi connectivity index (χ0n) is 25.0. The van der Waals surface area contributed by atoms with Gasteiger partial charge in [-0.2, -0.15) is 0 Å². The van der Waals surface area contributed by atoms with Crippen LogP contribution < -0.4 is 21.5 Å². The number of aryl methyl sites for hydroxylation is 1. The Bertz CT molecular complexity index is 1690. The van der Waals surface area contributed by atoms with E-state index in [4.69, 9.17) is 0 Å². The van der Waals surface area contributed by atoms with E-state index >= 15 is 0 Å². The van der Waals surface area contributed by atoms with Gasteiger partial charge in [-0.25, -0.2) is 4.98 Å². The summed E-state index contributed by atoms with van der Waals surface area (Å²) in [6, 6.07) is 19.9. The fourth-order valence-electron chi connectivity index (χ4n) is 4.28. The molecule has 4 rings (SSSR count). The van der Waals surface area contributed by atoms with Crippen LogP contribution in [0.3, 0.4) is 0 Å². The van der Waals surface area contributed by atoms with Gasteiger partial charge in [0.25, 0.3) is 17.4 Å². The van der Waals surface area contributed by atoms with Gasteiger partial charge in [-0.3, -0.25) is 14.4 Å². The Balaban J connectivity index is 1.60. The van der Waals surface area contributed by atoms with Crippen LogP contribution in [0.1, 0.15) is 56.1 Å². The Morgan fingerprint density at radius 2 is 1.52 bits per heavy atom. The molecule has 4 aromatic rings. The predicted molar refractivity (Wildman–Crippen MR) is 167 cm³/mol. The maximum atomic E-state index is 13.1. The zero-order chi connectivity index (χ0) is 30.8. The van der Waals surface area contributed by atoms with Crippen LogP contribution in [0.2, 0.25) is 0 Å². The number of anilines is 4. The molecule has 0 saturated heterocycles. The van der Waals surface area contributed by atoms with E-state index in [2.05, 4.69) is 41.7 Å². The van der Waals surface area contributed by atoms with Crippen LogP contribution in [0.5, 0.6) is 0 Å². The summed E-state index contributed by atoms with van der Waals surface area (Å²) < 4.78 is 1.44. The van der Waals surface area contributed by atoms with Gasteiger partial charge in [-0.15, -0.1) is 0 Å². The molecule has 3 aromatic carbocycles. The van der Waals surface area contributed by atoms with Crippen LogP contribution in [0.4, 0.5) is 22.9 Å². The smallest absolute Gasteiger partial charge is 0.293 e. The maximum absolute atomic E-state index is 13.1. The third-order valence-electron chi connectivity index (χ3n) is 6.88. The van der Waals surface area contributed by atoms with E-state index in [-0.39, 0.29) is 22.7 Å². The molecule has 0 unspecified atom stereocenters. The van der Waals surface area contributed by atoms with Crippen molar-refractivity contribution in [3.05, 3.63) is 100.0 Å². The largest absolute Gasteiger partial charge is 0.381 e. The minimum Gasteiger partial charge on any atom is -0.381 e. The molecule has 0 radical (unpaired) electrons. The van der Waals surface area contributed by atoms with Crippen LogP contribution in [0, 0.1) is 6.92 Å². The number of aliphatic hydroxyl groups is 1. The van der Waals surface area contributed by atoms with Crippen molar-refractivity contribution in [1.82, 2.24) is 9.55 Å². The van der Waals surface area contributed by atoms with Crippen LogP contribution in [-0.2, 0) is 17.3 Å². The fourth-order valence-corrected chi connectivity index (χ4v) is 4.28. The van der Waals surface area contributed by atoms with E-state index in [0.717, 1.165) is 16.7 Å². The second kappa shape index (κ2) is 11.6. The van der Waals surface area contributed by atoms with Crippen molar-refractivity contribution < 1.29 is 14.7 Å². The number of amides is 2. The summed E-state index contributed by atoms with van der Waals surface area (Å²) in [5, 5.41) is 18.6. The molecule has 4 N–H and O–H groups in total. The van der Waals surface area contributed by atoms with E-state index in [9.17, 15) is 19.5 Å². The second-order valence-corrected chi connectivity index (χ2v) is 11.9. The van der Waals surface area contributed by atoms with Crippen molar-refractivity contribution >= 4 is 34.7 Å². The third-order valence-corrected chi connectivity index (χ3v) is 6.88. The third kappa shape index (κ3) is 6.92. The molecule has 0 aliphatic heterocycles. The predicted octanol–water partition coefficient (Wildman–Crippen LogP) is 5.76. The van der Waals surface area contributed by atoms with Gasteiger partial charge in [0.2, 0.25) is 0 Å². The Kier molecular flexibility index (Phi) is 8.35. The first-order chi connectivity index (χ1) is 19.6. The van der Waals surface area contributed by atoms with Crippen molar-refractivity contribution in [2.45, 2.75) is 52.6 Å². The summed E-state index contributed by atoms with van der Waals surface area (Å²) in [7, 11) is 1.64. The topological polar surface area (TPSA) is 125 Å². The standard InChI is InChI=1S/C33H37N5O4/c1-20-25(12-9-13-26(20)37-29(39)21-14-16-22(17-15-21)32(2,3)4)27-19-38(7)30(40)28(36-27)34-23-10-8-11-24(18-23)35-31(41)33(5,6)42/h8-19,42H,1-7H3,(H,34,36)(H,35,41)(H,37,39). The number of carbonyl (C=O) groups is 2. The number of hydrogen-bond acceptors (Lipinski definition) is 6. The lowest BCUT2D eigenvalue weighted by molar-refractivity contribution is -0.130. The van der Waals surface area contributed by atoms with Crippen LogP contribution in [-0.4, -0.2) is 32.1 Å². The molecule has 0 spiro atoms. The molecule has 2 amide bonds. The first-order valence-electron chi connectivity index (χ1n) is 13.6. The highest BCUT2D eigenvalue weighted by atomic mass is 16.3. The summed E-state index contributed by atoms with van der Waals surface area (Å²) in [5.41, 5.74) is 3.51. The summed E-state index contributed by atoms with van der Waals surface area (Å²) in [5.74, 6) is -0.683. The van der Waals surface area contributed by atoms with Gasteiger partial charge in [0.15, 0.2) is 5.82 Å². The van der Waals surface area contributed by atoms with Crippen molar-refractivity contribution in [3.8, 4) is 11.3 Å².